The molecular formula is C20H21N3O4. The average Bonchev–Trinajstić information content (AvgIpc) is 3.04. The maximum Gasteiger partial charge on any atom is 0.417 e. The van der Waals surface area contributed by atoms with Crippen molar-refractivity contribution in [1.82, 2.24) is 9.88 Å². The van der Waals surface area contributed by atoms with Gasteiger partial charge in [-0.05, 0) is 42.7 Å². The summed E-state index contributed by atoms with van der Waals surface area (Å²) in [4.78, 5) is 28.8. The first-order valence-corrected chi connectivity index (χ1v) is 9.01. The number of likely N-dealkylation sites (tertiary alicyclic amines) is 1. The van der Waals surface area contributed by atoms with Crippen LogP contribution >= 0.6 is 0 Å². The summed E-state index contributed by atoms with van der Waals surface area (Å²) in [6, 6.07) is 12.5. The van der Waals surface area contributed by atoms with Gasteiger partial charge in [-0.15, -0.1) is 0 Å². The zero-order chi connectivity index (χ0) is 18.8. The predicted octanol–water partition coefficient (Wildman–Crippen LogP) is 2.33. The third-order valence-electron chi connectivity index (χ3n) is 4.90. The van der Waals surface area contributed by atoms with Gasteiger partial charge in [-0.2, -0.15) is 0 Å². The van der Waals surface area contributed by atoms with Gasteiger partial charge in [0.15, 0.2) is 5.58 Å². The van der Waals surface area contributed by atoms with Crippen LogP contribution in [0, 0.1) is 0 Å². The molecule has 2 aromatic carbocycles. The molecule has 0 unspecified atom stereocenters. The Bertz CT molecular complexity index is 1020. The minimum atomic E-state index is -0.542. The topological polar surface area (TPSA) is 98.6 Å². The summed E-state index contributed by atoms with van der Waals surface area (Å²) < 4.78 is 4.97. The van der Waals surface area contributed by atoms with E-state index in [1.165, 1.54) is 0 Å². The molecule has 2 heterocycles. The molecule has 1 aromatic heterocycles. The van der Waals surface area contributed by atoms with Crippen LogP contribution in [0.4, 0.5) is 5.69 Å². The number of oxazole rings is 1. The molecule has 3 aromatic rings. The fourth-order valence-corrected chi connectivity index (χ4v) is 3.39. The number of carbonyl (C=O) groups excluding carboxylic acids is 1. The van der Waals surface area contributed by atoms with Crippen molar-refractivity contribution >= 4 is 22.7 Å². The van der Waals surface area contributed by atoms with Crippen molar-refractivity contribution in [1.29, 1.82) is 0 Å². The Labute approximate surface area is 155 Å². The standard InChI is InChI=1S/C20H21N3O4/c24-15-7-9-23(10-8-15)12-14-3-1-2-4-16(14)21-19(25)13-5-6-18-17(11-13)22-20(26)27-18/h1-6,11,15,24H,7-10,12H2,(H,21,25)(H,22,26). The van der Waals surface area contributed by atoms with Crippen molar-refractivity contribution in [3.8, 4) is 0 Å². The Morgan fingerprint density at radius 2 is 2.00 bits per heavy atom. The van der Waals surface area contributed by atoms with Crippen LogP contribution in [0.15, 0.2) is 51.7 Å². The molecule has 0 saturated carbocycles. The minimum Gasteiger partial charge on any atom is -0.408 e. The molecule has 0 bridgehead atoms. The number of nitrogens with one attached hydrogen (secondary N) is 2. The van der Waals surface area contributed by atoms with Gasteiger partial charge in [0.2, 0.25) is 0 Å². The van der Waals surface area contributed by atoms with Crippen LogP contribution in [0.2, 0.25) is 0 Å². The van der Waals surface area contributed by atoms with Gasteiger partial charge in [-0.25, -0.2) is 4.79 Å². The minimum absolute atomic E-state index is 0.208. The molecule has 4 rings (SSSR count). The summed E-state index contributed by atoms with van der Waals surface area (Å²) in [6.45, 7) is 2.40. The summed E-state index contributed by atoms with van der Waals surface area (Å²) in [6.07, 6.45) is 1.34. The van der Waals surface area contributed by atoms with Gasteiger partial charge in [-0.1, -0.05) is 18.2 Å². The van der Waals surface area contributed by atoms with E-state index in [2.05, 4.69) is 15.2 Å². The molecule has 0 atom stereocenters. The van der Waals surface area contributed by atoms with Crippen molar-refractivity contribution in [2.24, 2.45) is 0 Å². The van der Waals surface area contributed by atoms with Crippen LogP contribution in [0.25, 0.3) is 11.1 Å². The molecule has 0 aliphatic carbocycles. The van der Waals surface area contributed by atoms with Gasteiger partial charge in [0.1, 0.15) is 0 Å². The number of para-hydroxylation sites is 1. The fourth-order valence-electron chi connectivity index (χ4n) is 3.39. The van der Waals surface area contributed by atoms with Crippen LogP contribution in [0.3, 0.4) is 0 Å². The molecule has 7 heteroatoms. The summed E-state index contributed by atoms with van der Waals surface area (Å²) >= 11 is 0. The number of benzene rings is 2. The number of hydrogen-bond donors (Lipinski definition) is 3. The number of hydrogen-bond acceptors (Lipinski definition) is 5. The van der Waals surface area contributed by atoms with E-state index in [1.807, 2.05) is 24.3 Å². The number of piperidine rings is 1. The largest absolute Gasteiger partial charge is 0.417 e. The number of fused-ring (bicyclic) bond motifs is 1. The average molecular weight is 367 g/mol. The third kappa shape index (κ3) is 3.94. The van der Waals surface area contributed by atoms with E-state index in [9.17, 15) is 14.7 Å². The number of aliphatic hydroxyl groups is 1. The Balaban J connectivity index is 1.51. The molecule has 0 radical (unpaired) electrons. The van der Waals surface area contributed by atoms with Gasteiger partial charge in [-0.3, -0.25) is 14.7 Å². The van der Waals surface area contributed by atoms with Crippen LogP contribution in [0.5, 0.6) is 0 Å². The molecule has 7 nitrogen and oxygen atoms in total. The number of carbonyl (C=O) groups is 1. The summed E-state index contributed by atoms with van der Waals surface area (Å²) in [5.74, 6) is -0.792. The lowest BCUT2D eigenvalue weighted by Gasteiger charge is -2.30. The van der Waals surface area contributed by atoms with Gasteiger partial charge in [0, 0.05) is 30.9 Å². The molecule has 0 spiro atoms. The predicted molar refractivity (Wildman–Crippen MR) is 102 cm³/mol. The number of aliphatic hydroxyl groups excluding tert-OH is 1. The van der Waals surface area contributed by atoms with E-state index in [4.69, 9.17) is 4.42 Å². The smallest absolute Gasteiger partial charge is 0.408 e. The van der Waals surface area contributed by atoms with E-state index in [-0.39, 0.29) is 12.0 Å². The van der Waals surface area contributed by atoms with Crippen LogP contribution in [0.1, 0.15) is 28.8 Å². The molecule has 27 heavy (non-hydrogen) atoms. The van der Waals surface area contributed by atoms with E-state index < -0.39 is 5.76 Å². The van der Waals surface area contributed by atoms with Crippen molar-refractivity contribution < 1.29 is 14.3 Å². The van der Waals surface area contributed by atoms with Gasteiger partial charge in [0.05, 0.1) is 11.6 Å². The zero-order valence-corrected chi connectivity index (χ0v) is 14.8. The SMILES string of the molecule is O=C(Nc1ccccc1CN1CCC(O)CC1)c1ccc2oc(=O)[nH]c2c1. The molecule has 1 amide bonds. The zero-order valence-electron chi connectivity index (χ0n) is 14.8. The van der Waals surface area contributed by atoms with Crippen LogP contribution in [-0.4, -0.2) is 40.1 Å². The molecule has 1 saturated heterocycles. The first-order chi connectivity index (χ1) is 13.1. The third-order valence-corrected chi connectivity index (χ3v) is 4.90. The first-order valence-electron chi connectivity index (χ1n) is 9.01. The van der Waals surface area contributed by atoms with E-state index in [0.29, 0.717) is 16.7 Å². The van der Waals surface area contributed by atoms with E-state index >= 15 is 0 Å². The Kier molecular flexibility index (Phi) is 4.79. The number of aromatic nitrogens is 1. The fraction of sp³-hybridized carbons (Fsp3) is 0.300. The monoisotopic (exact) mass is 367 g/mol. The van der Waals surface area contributed by atoms with Gasteiger partial charge < -0.3 is 14.8 Å². The van der Waals surface area contributed by atoms with E-state index in [1.54, 1.807) is 18.2 Å². The normalized spacial score (nSPS) is 15.9. The van der Waals surface area contributed by atoms with Crippen LogP contribution < -0.4 is 11.1 Å². The Hall–Kier alpha value is -2.90. The molecular weight excluding hydrogens is 346 g/mol. The number of nitrogens with zero attached hydrogens (tertiary/aromatic N) is 1. The molecule has 1 aliphatic rings. The van der Waals surface area contributed by atoms with Crippen molar-refractivity contribution in [3.63, 3.8) is 0 Å². The lowest BCUT2D eigenvalue weighted by atomic mass is 10.1. The number of H-pyrrole nitrogens is 1. The van der Waals surface area contributed by atoms with Crippen LogP contribution in [-0.2, 0) is 6.54 Å². The highest BCUT2D eigenvalue weighted by molar-refractivity contribution is 6.06. The molecule has 3 N–H and O–H groups in total. The Morgan fingerprint density at radius 3 is 2.81 bits per heavy atom. The molecule has 140 valence electrons. The van der Waals surface area contributed by atoms with Gasteiger partial charge >= 0.3 is 5.76 Å². The second kappa shape index (κ2) is 7.38. The number of amides is 1. The lowest BCUT2D eigenvalue weighted by molar-refractivity contribution is 0.0793. The highest BCUT2D eigenvalue weighted by Gasteiger charge is 2.18. The summed E-state index contributed by atoms with van der Waals surface area (Å²) in [5.41, 5.74) is 3.14. The number of anilines is 1. The summed E-state index contributed by atoms with van der Waals surface area (Å²) in [7, 11) is 0. The molecule has 1 aliphatic heterocycles. The van der Waals surface area contributed by atoms with Crippen molar-refractivity contribution in [2.75, 3.05) is 18.4 Å². The first kappa shape index (κ1) is 17.5. The highest BCUT2D eigenvalue weighted by Crippen LogP contribution is 2.21. The number of aromatic amines is 1. The molecule has 1 fully saturated rings. The quantitative estimate of drug-likeness (QED) is 0.657. The lowest BCUT2D eigenvalue weighted by Crippen LogP contribution is -2.35. The van der Waals surface area contributed by atoms with Crippen molar-refractivity contribution in [2.45, 2.75) is 25.5 Å². The van der Waals surface area contributed by atoms with E-state index in [0.717, 1.165) is 43.7 Å². The second-order valence-electron chi connectivity index (χ2n) is 6.84. The summed E-state index contributed by atoms with van der Waals surface area (Å²) in [5, 5.41) is 12.6. The maximum atomic E-state index is 12.7. The number of rotatable bonds is 4. The second-order valence-corrected chi connectivity index (χ2v) is 6.84. The highest BCUT2D eigenvalue weighted by atomic mass is 16.4. The Morgan fingerprint density at radius 1 is 1.22 bits per heavy atom. The maximum absolute atomic E-state index is 12.7. The van der Waals surface area contributed by atoms with Gasteiger partial charge in [0.25, 0.3) is 5.91 Å². The van der Waals surface area contributed by atoms with Crippen molar-refractivity contribution in [3.05, 3.63) is 64.1 Å².